The molecule has 1 heterocycles. The van der Waals surface area contributed by atoms with E-state index in [0.29, 0.717) is 16.9 Å². The van der Waals surface area contributed by atoms with Crippen LogP contribution < -0.4 is 11.1 Å². The highest BCUT2D eigenvalue weighted by atomic mass is 16.3. The van der Waals surface area contributed by atoms with Gasteiger partial charge in [-0.05, 0) is 18.2 Å². The molecule has 0 aliphatic rings. The van der Waals surface area contributed by atoms with Crippen LogP contribution in [-0.2, 0) is 0 Å². The van der Waals surface area contributed by atoms with Gasteiger partial charge in [0.2, 0.25) is 0 Å². The molecule has 1 aromatic heterocycles. The number of anilines is 2. The average Bonchev–Trinajstić information content (AvgIpc) is 2.29. The van der Waals surface area contributed by atoms with Crippen LogP contribution in [-0.4, -0.2) is 16.0 Å². The van der Waals surface area contributed by atoms with Crippen LogP contribution in [0.1, 0.15) is 10.4 Å². The third-order valence-electron chi connectivity index (χ3n) is 2.13. The van der Waals surface area contributed by atoms with Gasteiger partial charge in [-0.15, -0.1) is 0 Å². The fraction of sp³-hybridized carbons (Fsp3) is 0. The molecule has 2 rings (SSSR count). The lowest BCUT2D eigenvalue weighted by Crippen LogP contribution is -2.12. The molecule has 0 atom stereocenters. The van der Waals surface area contributed by atoms with Crippen molar-refractivity contribution in [3.05, 3.63) is 48.3 Å². The van der Waals surface area contributed by atoms with Gasteiger partial charge in [0.15, 0.2) is 0 Å². The predicted octanol–water partition coefficient (Wildman–Crippen LogP) is 1.62. The van der Waals surface area contributed by atoms with E-state index in [1.807, 2.05) is 0 Å². The molecule has 1 aromatic carbocycles. The van der Waals surface area contributed by atoms with Gasteiger partial charge in [-0.2, -0.15) is 0 Å². The first kappa shape index (κ1) is 10.9. The Morgan fingerprint density at radius 2 is 2.12 bits per heavy atom. The molecule has 5 heteroatoms. The maximum absolute atomic E-state index is 11.8. The van der Waals surface area contributed by atoms with Crippen molar-refractivity contribution in [2.24, 2.45) is 0 Å². The summed E-state index contributed by atoms with van der Waals surface area (Å²) in [6.07, 6.45) is 2.89. The first-order chi connectivity index (χ1) is 8.15. The molecule has 0 spiro atoms. The van der Waals surface area contributed by atoms with Gasteiger partial charge in [0.25, 0.3) is 5.91 Å². The number of aromatic hydroxyl groups is 1. The Morgan fingerprint density at radius 3 is 2.82 bits per heavy atom. The highest BCUT2D eigenvalue weighted by Gasteiger charge is 2.06. The number of nitrogen functional groups attached to an aromatic ring is 1. The second-order valence-electron chi connectivity index (χ2n) is 3.51. The second kappa shape index (κ2) is 4.52. The number of carbonyl (C=O) groups is 1. The van der Waals surface area contributed by atoms with E-state index in [4.69, 9.17) is 5.73 Å². The van der Waals surface area contributed by atoms with Crippen LogP contribution in [0.2, 0.25) is 0 Å². The Morgan fingerprint density at radius 1 is 1.29 bits per heavy atom. The Hall–Kier alpha value is -2.56. The van der Waals surface area contributed by atoms with E-state index in [2.05, 4.69) is 10.3 Å². The van der Waals surface area contributed by atoms with Crippen molar-refractivity contribution in [3.8, 4) is 5.75 Å². The number of benzene rings is 1. The summed E-state index contributed by atoms with van der Waals surface area (Å²) in [6, 6.07) is 7.83. The number of phenolic OH excluding ortho intramolecular Hbond substituents is 1. The number of rotatable bonds is 2. The van der Waals surface area contributed by atoms with Crippen LogP contribution in [0.25, 0.3) is 0 Å². The number of nitrogens with two attached hydrogens (primary N) is 1. The highest BCUT2D eigenvalue weighted by molar-refractivity contribution is 6.04. The molecular weight excluding hydrogens is 218 g/mol. The molecule has 5 nitrogen and oxygen atoms in total. The number of nitrogens with zero attached hydrogens (tertiary/aromatic N) is 1. The quantitative estimate of drug-likeness (QED) is 0.730. The van der Waals surface area contributed by atoms with E-state index in [0.717, 1.165) is 0 Å². The molecule has 4 N–H and O–H groups in total. The summed E-state index contributed by atoms with van der Waals surface area (Å²) in [7, 11) is 0. The third kappa shape index (κ3) is 2.72. The Labute approximate surface area is 97.9 Å². The van der Waals surface area contributed by atoms with Crippen molar-refractivity contribution in [2.45, 2.75) is 0 Å². The minimum atomic E-state index is -0.324. The minimum Gasteiger partial charge on any atom is -0.508 e. The number of phenols is 1. The summed E-state index contributed by atoms with van der Waals surface area (Å²) >= 11 is 0. The summed E-state index contributed by atoms with van der Waals surface area (Å²) in [4.78, 5) is 15.6. The molecule has 17 heavy (non-hydrogen) atoms. The molecule has 0 aliphatic heterocycles. The number of nitrogens with one attached hydrogen (secondary N) is 1. The largest absolute Gasteiger partial charge is 0.508 e. The molecule has 0 unspecified atom stereocenters. The van der Waals surface area contributed by atoms with Gasteiger partial charge in [0.05, 0.1) is 11.3 Å². The zero-order valence-corrected chi connectivity index (χ0v) is 8.92. The van der Waals surface area contributed by atoms with Crippen LogP contribution in [0, 0.1) is 0 Å². The minimum absolute atomic E-state index is 0.0912. The van der Waals surface area contributed by atoms with Crippen LogP contribution in [0.15, 0.2) is 42.7 Å². The fourth-order valence-electron chi connectivity index (χ4n) is 1.37. The molecular formula is C12H11N3O2. The number of aromatic nitrogens is 1. The maximum atomic E-state index is 11.8. The summed E-state index contributed by atoms with van der Waals surface area (Å²) < 4.78 is 0. The number of carbonyl (C=O) groups excluding carboxylic acids is 1. The predicted molar refractivity (Wildman–Crippen MR) is 64.7 cm³/mol. The normalized spacial score (nSPS) is 9.88. The maximum Gasteiger partial charge on any atom is 0.257 e. The lowest BCUT2D eigenvalue weighted by molar-refractivity contribution is 0.102. The lowest BCUT2D eigenvalue weighted by Gasteiger charge is -2.05. The van der Waals surface area contributed by atoms with Crippen LogP contribution in [0.3, 0.4) is 0 Å². The van der Waals surface area contributed by atoms with Crippen molar-refractivity contribution < 1.29 is 9.90 Å². The number of hydrogen-bond acceptors (Lipinski definition) is 4. The van der Waals surface area contributed by atoms with E-state index in [-0.39, 0.29) is 11.7 Å². The summed E-state index contributed by atoms with van der Waals surface area (Å²) in [5.41, 5.74) is 6.84. The molecule has 2 aromatic rings. The van der Waals surface area contributed by atoms with E-state index in [1.54, 1.807) is 12.1 Å². The summed E-state index contributed by atoms with van der Waals surface area (Å²) in [6.45, 7) is 0. The van der Waals surface area contributed by atoms with Crippen molar-refractivity contribution in [3.63, 3.8) is 0 Å². The summed E-state index contributed by atoms with van der Waals surface area (Å²) in [5.74, 6) is -0.232. The van der Waals surface area contributed by atoms with Crippen LogP contribution >= 0.6 is 0 Å². The Balaban J connectivity index is 2.17. The van der Waals surface area contributed by atoms with Crippen molar-refractivity contribution in [1.29, 1.82) is 0 Å². The lowest BCUT2D eigenvalue weighted by atomic mass is 10.2. The van der Waals surface area contributed by atoms with Crippen molar-refractivity contribution in [2.75, 3.05) is 11.1 Å². The zero-order valence-electron chi connectivity index (χ0n) is 8.92. The van der Waals surface area contributed by atoms with Gasteiger partial charge in [-0.1, -0.05) is 6.07 Å². The molecule has 0 aliphatic carbocycles. The first-order valence-corrected chi connectivity index (χ1v) is 4.96. The molecule has 0 bridgehead atoms. The molecule has 0 saturated carbocycles. The van der Waals surface area contributed by atoms with Gasteiger partial charge >= 0.3 is 0 Å². The summed E-state index contributed by atoms with van der Waals surface area (Å²) in [5, 5.41) is 11.9. The molecule has 0 fully saturated rings. The average molecular weight is 229 g/mol. The molecule has 0 saturated heterocycles. The van der Waals surface area contributed by atoms with Crippen molar-refractivity contribution >= 4 is 17.3 Å². The van der Waals surface area contributed by atoms with Crippen LogP contribution in [0.5, 0.6) is 5.75 Å². The third-order valence-corrected chi connectivity index (χ3v) is 2.13. The van der Waals surface area contributed by atoms with E-state index in [1.165, 1.54) is 30.6 Å². The number of pyridine rings is 1. The van der Waals surface area contributed by atoms with Gasteiger partial charge in [0.1, 0.15) is 5.75 Å². The Bertz CT molecular complexity index is 555. The highest BCUT2D eigenvalue weighted by Crippen LogP contribution is 2.16. The van der Waals surface area contributed by atoms with Gasteiger partial charge in [-0.3, -0.25) is 9.78 Å². The Kier molecular flexibility index (Phi) is 2.91. The molecule has 0 radical (unpaired) electrons. The zero-order chi connectivity index (χ0) is 12.3. The van der Waals surface area contributed by atoms with E-state index >= 15 is 0 Å². The monoisotopic (exact) mass is 229 g/mol. The molecule has 86 valence electrons. The van der Waals surface area contributed by atoms with Gasteiger partial charge < -0.3 is 16.2 Å². The fourth-order valence-corrected chi connectivity index (χ4v) is 1.37. The SMILES string of the molecule is Nc1cncc(C(=O)Nc2cccc(O)c2)c1. The van der Waals surface area contributed by atoms with Gasteiger partial charge in [-0.25, -0.2) is 0 Å². The smallest absolute Gasteiger partial charge is 0.257 e. The first-order valence-electron chi connectivity index (χ1n) is 4.96. The van der Waals surface area contributed by atoms with E-state index in [9.17, 15) is 9.90 Å². The second-order valence-corrected chi connectivity index (χ2v) is 3.51. The van der Waals surface area contributed by atoms with Gasteiger partial charge in [0, 0.05) is 24.1 Å². The molecule has 1 amide bonds. The van der Waals surface area contributed by atoms with Crippen LogP contribution in [0.4, 0.5) is 11.4 Å². The topological polar surface area (TPSA) is 88.2 Å². The van der Waals surface area contributed by atoms with E-state index < -0.39 is 0 Å². The van der Waals surface area contributed by atoms with Crippen molar-refractivity contribution in [1.82, 2.24) is 4.98 Å². The number of amides is 1. The number of hydrogen-bond donors (Lipinski definition) is 3. The standard InChI is InChI=1S/C12H11N3O2/c13-9-4-8(6-14-7-9)12(17)15-10-2-1-3-11(16)5-10/h1-7,16H,13H2,(H,15,17).